The minimum atomic E-state index is -1.14. The number of para-hydroxylation sites is 1. The molecule has 0 aliphatic carbocycles. The summed E-state index contributed by atoms with van der Waals surface area (Å²) in [6, 6.07) is 12.8. The van der Waals surface area contributed by atoms with Crippen LogP contribution in [0.15, 0.2) is 59.5 Å². The molecule has 23 heavy (non-hydrogen) atoms. The number of hydrogen-bond acceptors (Lipinski definition) is 4. The van der Waals surface area contributed by atoms with Crippen LogP contribution >= 0.6 is 0 Å². The summed E-state index contributed by atoms with van der Waals surface area (Å²) in [6.07, 6.45) is 4.16. The van der Waals surface area contributed by atoms with Crippen molar-refractivity contribution >= 4 is 34.2 Å². The molecule has 2 aromatic rings. The third-order valence-corrected chi connectivity index (χ3v) is 3.90. The molecule has 2 rings (SSSR count). The first-order chi connectivity index (χ1) is 11.0. The summed E-state index contributed by atoms with van der Waals surface area (Å²) in [7, 11) is -1.14. The maximum atomic E-state index is 11.9. The van der Waals surface area contributed by atoms with Crippen LogP contribution in [0.3, 0.4) is 0 Å². The molecule has 0 saturated carbocycles. The molecule has 0 bridgehead atoms. The summed E-state index contributed by atoms with van der Waals surface area (Å²) in [6.45, 7) is 0. The van der Waals surface area contributed by atoms with Gasteiger partial charge in [0, 0.05) is 39.8 Å². The Morgan fingerprint density at radius 1 is 1.22 bits per heavy atom. The normalized spacial score (nSPS) is 12.0. The van der Waals surface area contributed by atoms with Gasteiger partial charge in [-0.15, -0.1) is 0 Å². The van der Waals surface area contributed by atoms with Crippen molar-refractivity contribution in [1.29, 1.82) is 0 Å². The molecule has 1 amide bonds. The summed E-state index contributed by atoms with van der Waals surface area (Å²) in [5.74, 6) is -0.429. The van der Waals surface area contributed by atoms with Crippen molar-refractivity contribution in [2.45, 2.75) is 4.90 Å². The number of amides is 1. The van der Waals surface area contributed by atoms with E-state index >= 15 is 0 Å². The van der Waals surface area contributed by atoms with E-state index in [2.05, 4.69) is 5.32 Å². The second-order valence-corrected chi connectivity index (χ2v) is 6.00. The van der Waals surface area contributed by atoms with Gasteiger partial charge in [-0.05, 0) is 30.3 Å². The first kappa shape index (κ1) is 16.6. The fourth-order valence-electron chi connectivity index (χ4n) is 1.90. The lowest BCUT2D eigenvalue weighted by atomic mass is 10.1. The minimum absolute atomic E-state index is 0.0695. The standard InChI is InChI=1S/C16H14N2O4S/c1-23(22)14-7-4-6-13(11-14)17-16(19)10-9-12-5-2-3-8-15(12)18(20)21/h2-11H,1H3,(H,17,19)/b10-9+/t23-/m1/s1. The van der Waals surface area contributed by atoms with Crippen LogP contribution in [0, 0.1) is 10.1 Å². The van der Waals surface area contributed by atoms with E-state index in [0.717, 1.165) is 0 Å². The first-order valence-electron chi connectivity index (χ1n) is 6.63. The molecule has 0 aliphatic rings. The molecule has 0 unspecified atom stereocenters. The van der Waals surface area contributed by atoms with Gasteiger partial charge in [0.2, 0.25) is 5.91 Å². The van der Waals surface area contributed by atoms with E-state index in [1.807, 2.05) is 0 Å². The molecular formula is C16H14N2O4S. The quantitative estimate of drug-likeness (QED) is 0.518. The van der Waals surface area contributed by atoms with Crippen molar-refractivity contribution in [1.82, 2.24) is 0 Å². The Bertz CT molecular complexity index is 802. The maximum Gasteiger partial charge on any atom is 0.276 e. The topological polar surface area (TPSA) is 89.3 Å². The minimum Gasteiger partial charge on any atom is -0.322 e. The van der Waals surface area contributed by atoms with Gasteiger partial charge < -0.3 is 5.32 Å². The molecule has 0 radical (unpaired) electrons. The Kier molecular flexibility index (Phi) is 5.37. The number of rotatable bonds is 5. The second-order valence-electron chi connectivity index (χ2n) is 4.62. The zero-order valence-electron chi connectivity index (χ0n) is 12.3. The number of anilines is 1. The number of nitrogens with zero attached hydrogens (tertiary/aromatic N) is 1. The lowest BCUT2D eigenvalue weighted by Gasteiger charge is -2.04. The summed E-state index contributed by atoms with van der Waals surface area (Å²) < 4.78 is 11.4. The van der Waals surface area contributed by atoms with Crippen LogP contribution in [0.1, 0.15) is 5.56 Å². The third-order valence-electron chi connectivity index (χ3n) is 2.98. The molecule has 2 aromatic carbocycles. The molecule has 6 nitrogen and oxygen atoms in total. The first-order valence-corrected chi connectivity index (χ1v) is 8.19. The average Bonchev–Trinajstić information content (AvgIpc) is 2.53. The number of hydrogen-bond donors (Lipinski definition) is 1. The predicted octanol–water partition coefficient (Wildman–Crippen LogP) is 2.98. The fourth-order valence-corrected chi connectivity index (χ4v) is 2.46. The molecule has 0 heterocycles. The highest BCUT2D eigenvalue weighted by Gasteiger charge is 2.09. The lowest BCUT2D eigenvalue weighted by molar-refractivity contribution is -0.385. The van der Waals surface area contributed by atoms with Crippen molar-refractivity contribution in [3.63, 3.8) is 0 Å². The van der Waals surface area contributed by atoms with Crippen LogP contribution in [0.4, 0.5) is 11.4 Å². The zero-order chi connectivity index (χ0) is 16.8. The predicted molar refractivity (Wildman–Crippen MR) is 89.5 cm³/mol. The van der Waals surface area contributed by atoms with Crippen molar-refractivity contribution in [3.05, 3.63) is 70.3 Å². The average molecular weight is 330 g/mol. The van der Waals surface area contributed by atoms with E-state index in [4.69, 9.17) is 0 Å². The lowest BCUT2D eigenvalue weighted by Crippen LogP contribution is -2.08. The highest BCUT2D eigenvalue weighted by Crippen LogP contribution is 2.19. The molecule has 118 valence electrons. The molecule has 1 N–H and O–H groups in total. The van der Waals surface area contributed by atoms with E-state index in [9.17, 15) is 19.1 Å². The van der Waals surface area contributed by atoms with Gasteiger partial charge in [0.05, 0.1) is 10.5 Å². The van der Waals surface area contributed by atoms with E-state index in [1.54, 1.807) is 48.7 Å². The molecule has 0 aliphatic heterocycles. The van der Waals surface area contributed by atoms with Crippen LogP contribution < -0.4 is 5.32 Å². The highest BCUT2D eigenvalue weighted by atomic mass is 32.2. The molecule has 1 atom stereocenters. The van der Waals surface area contributed by atoms with Gasteiger partial charge in [0.15, 0.2) is 0 Å². The largest absolute Gasteiger partial charge is 0.322 e. The summed E-state index contributed by atoms with van der Waals surface area (Å²) in [5.41, 5.74) is 0.783. The molecule has 0 aromatic heterocycles. The van der Waals surface area contributed by atoms with Gasteiger partial charge >= 0.3 is 0 Å². The Hall–Kier alpha value is -2.80. The van der Waals surface area contributed by atoms with Gasteiger partial charge in [-0.2, -0.15) is 0 Å². The Morgan fingerprint density at radius 2 is 1.96 bits per heavy atom. The van der Waals surface area contributed by atoms with Crippen LogP contribution in [0.25, 0.3) is 6.08 Å². The van der Waals surface area contributed by atoms with Gasteiger partial charge in [0.1, 0.15) is 0 Å². The Balaban J connectivity index is 2.12. The van der Waals surface area contributed by atoms with E-state index < -0.39 is 21.6 Å². The second kappa shape index (κ2) is 7.46. The number of benzene rings is 2. The third kappa shape index (κ3) is 4.58. The smallest absolute Gasteiger partial charge is 0.276 e. The van der Waals surface area contributed by atoms with Crippen LogP contribution in [0.2, 0.25) is 0 Å². The van der Waals surface area contributed by atoms with Crippen molar-refractivity contribution in [2.75, 3.05) is 11.6 Å². The summed E-state index contributed by atoms with van der Waals surface area (Å²) in [4.78, 5) is 22.9. The van der Waals surface area contributed by atoms with E-state index in [1.165, 1.54) is 18.2 Å². The maximum absolute atomic E-state index is 11.9. The van der Waals surface area contributed by atoms with Crippen LogP contribution in [-0.2, 0) is 15.6 Å². The van der Waals surface area contributed by atoms with Crippen LogP contribution in [-0.4, -0.2) is 21.3 Å². The van der Waals surface area contributed by atoms with Crippen molar-refractivity contribution < 1.29 is 13.9 Å². The molecular weight excluding hydrogens is 316 g/mol. The van der Waals surface area contributed by atoms with Crippen molar-refractivity contribution in [3.8, 4) is 0 Å². The highest BCUT2D eigenvalue weighted by molar-refractivity contribution is 7.84. The van der Waals surface area contributed by atoms with E-state index in [0.29, 0.717) is 16.1 Å². The SMILES string of the molecule is C[S@@](=O)c1cccc(NC(=O)/C=C/c2ccccc2[N+](=O)[O-])c1. The number of carbonyl (C=O) groups is 1. The number of nitrogens with one attached hydrogen (secondary N) is 1. The fraction of sp³-hybridized carbons (Fsp3) is 0.0625. The zero-order valence-corrected chi connectivity index (χ0v) is 13.1. The van der Waals surface area contributed by atoms with Gasteiger partial charge in [-0.1, -0.05) is 18.2 Å². The molecule has 7 heteroatoms. The van der Waals surface area contributed by atoms with Crippen LogP contribution in [0.5, 0.6) is 0 Å². The monoisotopic (exact) mass is 330 g/mol. The Labute approximate surface area is 135 Å². The molecule has 0 fully saturated rings. The van der Waals surface area contributed by atoms with Crippen molar-refractivity contribution in [2.24, 2.45) is 0 Å². The van der Waals surface area contributed by atoms with Gasteiger partial charge in [-0.25, -0.2) is 0 Å². The van der Waals surface area contributed by atoms with Gasteiger partial charge in [0.25, 0.3) is 5.69 Å². The van der Waals surface area contributed by atoms with E-state index in [-0.39, 0.29) is 5.69 Å². The molecule has 0 saturated heterocycles. The number of nitro groups is 1. The molecule has 0 spiro atoms. The van der Waals surface area contributed by atoms with Gasteiger partial charge in [-0.3, -0.25) is 19.1 Å². The summed E-state index contributed by atoms with van der Waals surface area (Å²) in [5, 5.41) is 13.5. The number of nitro benzene ring substituents is 1. The summed E-state index contributed by atoms with van der Waals surface area (Å²) >= 11 is 0. The Morgan fingerprint density at radius 3 is 2.65 bits per heavy atom. The number of carbonyl (C=O) groups excluding carboxylic acids is 1.